The Bertz CT molecular complexity index is 1120. The third-order valence-corrected chi connectivity index (χ3v) is 4.63. The lowest BCUT2D eigenvalue weighted by Crippen LogP contribution is -2.38. The van der Waals surface area contributed by atoms with Crippen molar-refractivity contribution in [2.24, 2.45) is 0 Å². The number of carbonyl (C=O) groups is 3. The molecular formula is C24H19N3O3. The van der Waals surface area contributed by atoms with Crippen molar-refractivity contribution in [3.05, 3.63) is 96.2 Å². The van der Waals surface area contributed by atoms with Crippen LogP contribution in [0, 0.1) is 0 Å². The number of imide groups is 1. The molecule has 0 radical (unpaired) electrons. The van der Waals surface area contributed by atoms with Crippen molar-refractivity contribution in [3.8, 4) is 11.1 Å². The van der Waals surface area contributed by atoms with Crippen LogP contribution in [0.1, 0.15) is 5.56 Å². The van der Waals surface area contributed by atoms with Crippen molar-refractivity contribution in [3.63, 3.8) is 0 Å². The number of anilines is 1. The summed E-state index contributed by atoms with van der Waals surface area (Å²) in [7, 11) is 0. The lowest BCUT2D eigenvalue weighted by molar-refractivity contribution is -0.127. The van der Waals surface area contributed by atoms with E-state index >= 15 is 0 Å². The number of carbonyl (C=O) groups excluding carboxylic acids is 3. The van der Waals surface area contributed by atoms with E-state index in [1.165, 1.54) is 0 Å². The summed E-state index contributed by atoms with van der Waals surface area (Å²) in [5, 5.41) is 5.22. The largest absolute Gasteiger partial charge is 0.329 e. The fourth-order valence-corrected chi connectivity index (χ4v) is 3.19. The summed E-state index contributed by atoms with van der Waals surface area (Å²) in [4.78, 5) is 38.0. The molecule has 0 aromatic heterocycles. The summed E-state index contributed by atoms with van der Waals surface area (Å²) in [5.41, 5.74) is 3.57. The van der Waals surface area contributed by atoms with Gasteiger partial charge in [0.1, 0.15) is 12.2 Å². The minimum atomic E-state index is -0.617. The Balaban J connectivity index is 1.48. The van der Waals surface area contributed by atoms with Gasteiger partial charge < -0.3 is 10.6 Å². The molecule has 2 N–H and O–H groups in total. The van der Waals surface area contributed by atoms with Crippen LogP contribution in [0.15, 0.2) is 90.6 Å². The first-order chi connectivity index (χ1) is 14.6. The zero-order valence-corrected chi connectivity index (χ0v) is 16.0. The Morgan fingerprint density at radius 3 is 2.27 bits per heavy atom. The smallest absolute Gasteiger partial charge is 0.325 e. The molecule has 6 heteroatoms. The van der Waals surface area contributed by atoms with Gasteiger partial charge in [-0.05, 0) is 41.0 Å². The van der Waals surface area contributed by atoms with E-state index in [2.05, 4.69) is 10.6 Å². The third kappa shape index (κ3) is 4.28. The molecule has 0 aliphatic carbocycles. The van der Waals surface area contributed by atoms with Gasteiger partial charge in [0, 0.05) is 5.69 Å². The summed E-state index contributed by atoms with van der Waals surface area (Å²) >= 11 is 0. The van der Waals surface area contributed by atoms with E-state index in [1.54, 1.807) is 30.3 Å². The van der Waals surface area contributed by atoms with E-state index in [0.717, 1.165) is 21.6 Å². The molecule has 0 bridgehead atoms. The number of nitrogens with one attached hydrogen (secondary N) is 2. The van der Waals surface area contributed by atoms with Gasteiger partial charge in [0.15, 0.2) is 0 Å². The number of para-hydroxylation sites is 1. The maximum Gasteiger partial charge on any atom is 0.329 e. The zero-order valence-electron chi connectivity index (χ0n) is 16.0. The van der Waals surface area contributed by atoms with Gasteiger partial charge in [0.2, 0.25) is 5.91 Å². The molecular weight excluding hydrogens is 378 g/mol. The van der Waals surface area contributed by atoms with Gasteiger partial charge in [0.05, 0.1) is 0 Å². The summed E-state index contributed by atoms with van der Waals surface area (Å²) in [6.45, 7) is -0.360. The van der Waals surface area contributed by atoms with E-state index < -0.39 is 17.8 Å². The third-order valence-electron chi connectivity index (χ3n) is 4.63. The van der Waals surface area contributed by atoms with Crippen molar-refractivity contribution >= 4 is 29.6 Å². The number of benzene rings is 3. The number of hydrogen-bond acceptors (Lipinski definition) is 3. The van der Waals surface area contributed by atoms with E-state index in [-0.39, 0.29) is 12.2 Å². The van der Waals surface area contributed by atoms with Crippen LogP contribution in [-0.2, 0) is 9.59 Å². The molecule has 1 fully saturated rings. The molecule has 148 valence electrons. The van der Waals surface area contributed by atoms with E-state index in [1.807, 2.05) is 60.7 Å². The van der Waals surface area contributed by atoms with Gasteiger partial charge in [-0.15, -0.1) is 0 Å². The van der Waals surface area contributed by atoms with Crippen LogP contribution in [0.4, 0.5) is 10.5 Å². The molecule has 1 aliphatic heterocycles. The molecule has 0 saturated carbocycles. The fourth-order valence-electron chi connectivity index (χ4n) is 3.19. The second kappa shape index (κ2) is 8.45. The minimum Gasteiger partial charge on any atom is -0.325 e. The van der Waals surface area contributed by atoms with Crippen LogP contribution in [0.5, 0.6) is 0 Å². The number of nitrogens with zero attached hydrogens (tertiary/aromatic N) is 1. The quantitative estimate of drug-likeness (QED) is 0.507. The Kier molecular flexibility index (Phi) is 5.39. The SMILES string of the molecule is O=C(CN1C(=O)N/C(=C\c2cccc(-c3ccccc3)c2)C1=O)Nc1ccccc1. The normalized spacial score (nSPS) is 14.7. The maximum atomic E-state index is 12.7. The van der Waals surface area contributed by atoms with Crippen LogP contribution < -0.4 is 10.6 Å². The summed E-state index contributed by atoms with van der Waals surface area (Å²) in [6, 6.07) is 25.8. The molecule has 3 aromatic rings. The number of rotatable bonds is 5. The molecule has 30 heavy (non-hydrogen) atoms. The van der Waals surface area contributed by atoms with E-state index in [0.29, 0.717) is 5.69 Å². The lowest BCUT2D eigenvalue weighted by Gasteiger charge is -2.11. The predicted molar refractivity (Wildman–Crippen MR) is 115 cm³/mol. The summed E-state index contributed by atoms with van der Waals surface area (Å²) in [6.07, 6.45) is 1.61. The van der Waals surface area contributed by atoms with Gasteiger partial charge in [-0.3, -0.25) is 9.59 Å². The highest BCUT2D eigenvalue weighted by molar-refractivity contribution is 6.16. The maximum absolute atomic E-state index is 12.7. The first-order valence-electron chi connectivity index (χ1n) is 9.45. The van der Waals surface area contributed by atoms with Gasteiger partial charge >= 0.3 is 6.03 Å². The first kappa shape index (κ1) is 19.1. The second-order valence-corrected chi connectivity index (χ2v) is 6.79. The molecule has 4 amide bonds. The zero-order chi connectivity index (χ0) is 20.9. The van der Waals surface area contributed by atoms with Crippen molar-refractivity contribution in [2.75, 3.05) is 11.9 Å². The van der Waals surface area contributed by atoms with Crippen molar-refractivity contribution in [1.29, 1.82) is 0 Å². The Labute approximate surface area is 173 Å². The standard InChI is InChI=1S/C24H19N3O3/c28-22(25-20-12-5-2-6-13-20)16-27-23(29)21(26-24(27)30)15-17-8-7-11-19(14-17)18-9-3-1-4-10-18/h1-15H,16H2,(H,25,28)(H,26,30)/b21-15-. The lowest BCUT2D eigenvalue weighted by atomic mass is 10.0. The van der Waals surface area contributed by atoms with Crippen LogP contribution in [0.2, 0.25) is 0 Å². The Hall–Kier alpha value is -4.19. The van der Waals surface area contributed by atoms with E-state index in [9.17, 15) is 14.4 Å². The van der Waals surface area contributed by atoms with Crippen molar-refractivity contribution in [2.45, 2.75) is 0 Å². The molecule has 3 aromatic carbocycles. The summed E-state index contributed by atoms with van der Waals surface area (Å²) < 4.78 is 0. The molecule has 4 rings (SSSR count). The molecule has 0 atom stereocenters. The van der Waals surface area contributed by atoms with Gasteiger partial charge in [-0.2, -0.15) is 0 Å². The molecule has 6 nitrogen and oxygen atoms in total. The molecule has 0 unspecified atom stereocenters. The van der Waals surface area contributed by atoms with Gasteiger partial charge in [-0.1, -0.05) is 66.7 Å². The van der Waals surface area contributed by atoms with Crippen LogP contribution >= 0.6 is 0 Å². The average molecular weight is 397 g/mol. The molecule has 1 saturated heterocycles. The van der Waals surface area contributed by atoms with Gasteiger partial charge in [0.25, 0.3) is 5.91 Å². The second-order valence-electron chi connectivity index (χ2n) is 6.79. The highest BCUT2D eigenvalue weighted by Crippen LogP contribution is 2.22. The minimum absolute atomic E-state index is 0.137. The van der Waals surface area contributed by atoms with Crippen LogP contribution in [0.25, 0.3) is 17.2 Å². The van der Waals surface area contributed by atoms with Crippen LogP contribution in [-0.4, -0.2) is 29.3 Å². The number of hydrogen-bond donors (Lipinski definition) is 2. The molecule has 0 spiro atoms. The van der Waals surface area contributed by atoms with Crippen LogP contribution in [0.3, 0.4) is 0 Å². The van der Waals surface area contributed by atoms with Gasteiger partial charge in [-0.25, -0.2) is 9.69 Å². The number of urea groups is 1. The average Bonchev–Trinajstić information content (AvgIpc) is 3.02. The Morgan fingerprint density at radius 1 is 0.867 bits per heavy atom. The highest BCUT2D eigenvalue weighted by atomic mass is 16.2. The van der Waals surface area contributed by atoms with Crippen molar-refractivity contribution in [1.82, 2.24) is 10.2 Å². The fraction of sp³-hybridized carbons (Fsp3) is 0.0417. The molecule has 1 aliphatic rings. The van der Waals surface area contributed by atoms with Crippen molar-refractivity contribution < 1.29 is 14.4 Å². The Morgan fingerprint density at radius 2 is 1.53 bits per heavy atom. The number of amides is 4. The molecule has 1 heterocycles. The topological polar surface area (TPSA) is 78.5 Å². The highest BCUT2D eigenvalue weighted by Gasteiger charge is 2.34. The monoisotopic (exact) mass is 397 g/mol. The predicted octanol–water partition coefficient (Wildman–Crippen LogP) is 3.89. The first-order valence-corrected chi connectivity index (χ1v) is 9.45. The summed E-state index contributed by atoms with van der Waals surface area (Å²) in [5.74, 6) is -0.981. The van der Waals surface area contributed by atoms with E-state index in [4.69, 9.17) is 0 Å².